The van der Waals surface area contributed by atoms with E-state index in [1.165, 1.54) is 0 Å². The summed E-state index contributed by atoms with van der Waals surface area (Å²) in [5, 5.41) is -0.190. The number of aldehydes is 1. The summed E-state index contributed by atoms with van der Waals surface area (Å²) in [5.41, 5.74) is -1.94. The molecule has 3 nitrogen and oxygen atoms in total. The lowest BCUT2D eigenvalue weighted by Crippen LogP contribution is -2.15. The number of carbonyl (C=O) groups excluding carboxylic acids is 1. The third-order valence-electron chi connectivity index (χ3n) is 1.40. The van der Waals surface area contributed by atoms with Crippen LogP contribution in [-0.4, -0.2) is 11.3 Å². The van der Waals surface area contributed by atoms with Crippen molar-refractivity contribution in [3.05, 3.63) is 32.7 Å². The van der Waals surface area contributed by atoms with Gasteiger partial charge in [-0.05, 0) is 6.07 Å². The zero-order chi connectivity index (χ0) is 10.0. The molecule has 70 valence electrons. The number of aromatic amines is 1. The molecule has 0 radical (unpaired) electrons. The molecule has 0 aliphatic rings. The minimum Gasteiger partial charge on any atom is -0.318 e. The Kier molecular flexibility index (Phi) is 2.77. The molecule has 0 fully saturated rings. The van der Waals surface area contributed by atoms with Crippen molar-refractivity contribution in [2.45, 2.75) is 6.43 Å². The number of hydrogen-bond acceptors (Lipinski definition) is 2. The molecule has 1 heterocycles. The van der Waals surface area contributed by atoms with Crippen molar-refractivity contribution in [3.8, 4) is 0 Å². The molecule has 1 N–H and O–H groups in total. The van der Waals surface area contributed by atoms with E-state index in [9.17, 15) is 18.4 Å². The van der Waals surface area contributed by atoms with Gasteiger partial charge in [0.25, 0.3) is 12.0 Å². The lowest BCUT2D eigenvalue weighted by Gasteiger charge is -2.00. The van der Waals surface area contributed by atoms with Crippen LogP contribution in [0.4, 0.5) is 8.78 Å². The van der Waals surface area contributed by atoms with Crippen LogP contribution in [0.5, 0.6) is 0 Å². The molecular formula is C7H4ClF2NO2. The van der Waals surface area contributed by atoms with Crippen LogP contribution in [0, 0.1) is 0 Å². The Morgan fingerprint density at radius 3 is 2.62 bits per heavy atom. The van der Waals surface area contributed by atoms with Gasteiger partial charge in [-0.15, -0.1) is 0 Å². The van der Waals surface area contributed by atoms with Crippen molar-refractivity contribution in [1.82, 2.24) is 4.98 Å². The zero-order valence-corrected chi connectivity index (χ0v) is 6.94. The Bertz CT molecular complexity index is 389. The highest BCUT2D eigenvalue weighted by Gasteiger charge is 2.14. The van der Waals surface area contributed by atoms with E-state index in [0.29, 0.717) is 6.29 Å². The van der Waals surface area contributed by atoms with Gasteiger partial charge >= 0.3 is 0 Å². The number of nitrogens with one attached hydrogen (secondary N) is 1. The zero-order valence-electron chi connectivity index (χ0n) is 6.18. The van der Waals surface area contributed by atoms with Gasteiger partial charge in [0, 0.05) is 0 Å². The second-order valence-electron chi connectivity index (χ2n) is 2.23. The molecule has 0 bridgehead atoms. The predicted molar refractivity (Wildman–Crippen MR) is 42.4 cm³/mol. The Labute approximate surface area is 76.3 Å². The molecule has 0 saturated heterocycles. The molecule has 6 heteroatoms. The molecule has 1 rings (SSSR count). The van der Waals surface area contributed by atoms with E-state index in [2.05, 4.69) is 0 Å². The van der Waals surface area contributed by atoms with Gasteiger partial charge in [-0.25, -0.2) is 8.78 Å². The van der Waals surface area contributed by atoms with Crippen molar-refractivity contribution >= 4 is 17.9 Å². The quantitative estimate of drug-likeness (QED) is 0.752. The number of rotatable bonds is 2. The summed E-state index contributed by atoms with van der Waals surface area (Å²) in [6.45, 7) is 0. The summed E-state index contributed by atoms with van der Waals surface area (Å²) in [6, 6.07) is 0.786. The van der Waals surface area contributed by atoms with E-state index in [-0.39, 0.29) is 10.7 Å². The topological polar surface area (TPSA) is 49.9 Å². The first kappa shape index (κ1) is 9.85. The molecule has 0 spiro atoms. The summed E-state index contributed by atoms with van der Waals surface area (Å²) < 4.78 is 24.2. The Morgan fingerprint density at radius 2 is 2.15 bits per heavy atom. The van der Waals surface area contributed by atoms with E-state index < -0.39 is 17.5 Å². The number of halogens is 3. The van der Waals surface area contributed by atoms with E-state index in [4.69, 9.17) is 11.6 Å². The fraction of sp³-hybridized carbons (Fsp3) is 0.143. The Morgan fingerprint density at radius 1 is 1.54 bits per heavy atom. The van der Waals surface area contributed by atoms with Crippen LogP contribution in [0.2, 0.25) is 5.02 Å². The van der Waals surface area contributed by atoms with Crippen LogP contribution in [0.15, 0.2) is 10.9 Å². The third-order valence-corrected chi connectivity index (χ3v) is 1.72. The highest BCUT2D eigenvalue weighted by Crippen LogP contribution is 2.19. The van der Waals surface area contributed by atoms with Gasteiger partial charge in [0.05, 0.1) is 10.6 Å². The fourth-order valence-electron chi connectivity index (χ4n) is 0.782. The van der Waals surface area contributed by atoms with Gasteiger partial charge in [0.1, 0.15) is 5.69 Å². The van der Waals surface area contributed by atoms with Crippen LogP contribution in [0.1, 0.15) is 22.5 Å². The molecule has 0 atom stereocenters. The van der Waals surface area contributed by atoms with E-state index in [0.717, 1.165) is 6.07 Å². The molecular weight excluding hydrogens is 204 g/mol. The first-order valence-electron chi connectivity index (χ1n) is 3.22. The first-order chi connectivity index (χ1) is 6.06. The van der Waals surface area contributed by atoms with Crippen LogP contribution in [0.25, 0.3) is 0 Å². The van der Waals surface area contributed by atoms with Gasteiger partial charge in [0.2, 0.25) is 0 Å². The van der Waals surface area contributed by atoms with Crippen molar-refractivity contribution < 1.29 is 13.6 Å². The van der Waals surface area contributed by atoms with Crippen LogP contribution >= 0.6 is 11.6 Å². The summed E-state index contributed by atoms with van der Waals surface area (Å²) in [6.07, 6.45) is -2.61. The summed E-state index contributed by atoms with van der Waals surface area (Å²) in [4.78, 5) is 23.0. The van der Waals surface area contributed by atoms with Gasteiger partial charge in [-0.1, -0.05) is 11.6 Å². The summed E-state index contributed by atoms with van der Waals surface area (Å²) >= 11 is 5.41. The Balaban J connectivity index is 3.37. The monoisotopic (exact) mass is 207 g/mol. The molecule has 0 amide bonds. The number of aromatic nitrogens is 1. The van der Waals surface area contributed by atoms with Crippen molar-refractivity contribution in [2.24, 2.45) is 0 Å². The number of alkyl halides is 2. The number of hydrogen-bond donors (Lipinski definition) is 1. The molecule has 0 saturated carbocycles. The van der Waals surface area contributed by atoms with E-state index >= 15 is 0 Å². The van der Waals surface area contributed by atoms with E-state index in [1.807, 2.05) is 4.98 Å². The van der Waals surface area contributed by atoms with Gasteiger partial charge < -0.3 is 4.98 Å². The molecule has 13 heavy (non-hydrogen) atoms. The number of H-pyrrole nitrogens is 1. The van der Waals surface area contributed by atoms with Crippen molar-refractivity contribution in [2.75, 3.05) is 0 Å². The molecule has 1 aromatic heterocycles. The first-order valence-corrected chi connectivity index (χ1v) is 3.60. The maximum absolute atomic E-state index is 12.1. The standard InChI is InChI=1S/C7H4ClF2NO2/c8-4-1-3(6(9)10)7(13)11-5(4)2-12/h1-2,6H,(H,11,13). The number of pyridine rings is 1. The molecule has 0 aliphatic carbocycles. The highest BCUT2D eigenvalue weighted by atomic mass is 35.5. The molecule has 0 aliphatic heterocycles. The van der Waals surface area contributed by atoms with Gasteiger partial charge in [0.15, 0.2) is 6.29 Å². The average Bonchev–Trinajstić information content (AvgIpc) is 2.07. The van der Waals surface area contributed by atoms with Gasteiger partial charge in [-0.2, -0.15) is 0 Å². The average molecular weight is 208 g/mol. The third kappa shape index (κ3) is 1.92. The minimum absolute atomic E-state index is 0.190. The van der Waals surface area contributed by atoms with Crippen molar-refractivity contribution in [3.63, 3.8) is 0 Å². The lowest BCUT2D eigenvalue weighted by molar-refractivity contribution is 0.111. The smallest absolute Gasteiger partial charge is 0.269 e. The Hall–Kier alpha value is -1.23. The molecule has 0 unspecified atom stereocenters. The van der Waals surface area contributed by atoms with Crippen LogP contribution in [0.3, 0.4) is 0 Å². The van der Waals surface area contributed by atoms with Crippen LogP contribution in [-0.2, 0) is 0 Å². The molecule has 1 aromatic rings. The maximum Gasteiger partial charge on any atom is 0.269 e. The van der Waals surface area contributed by atoms with Crippen LogP contribution < -0.4 is 5.56 Å². The second kappa shape index (κ2) is 3.66. The maximum atomic E-state index is 12.1. The molecule has 0 aromatic carbocycles. The fourth-order valence-corrected chi connectivity index (χ4v) is 0.991. The normalized spacial score (nSPS) is 10.5. The second-order valence-corrected chi connectivity index (χ2v) is 2.64. The lowest BCUT2D eigenvalue weighted by atomic mass is 10.2. The SMILES string of the molecule is O=Cc1[nH]c(=O)c(C(F)F)cc1Cl. The highest BCUT2D eigenvalue weighted by molar-refractivity contribution is 6.32. The van der Waals surface area contributed by atoms with Crippen molar-refractivity contribution in [1.29, 1.82) is 0 Å². The number of carbonyl (C=O) groups is 1. The summed E-state index contributed by atoms with van der Waals surface area (Å²) in [5.74, 6) is 0. The largest absolute Gasteiger partial charge is 0.318 e. The summed E-state index contributed by atoms with van der Waals surface area (Å²) in [7, 11) is 0. The minimum atomic E-state index is -2.90. The predicted octanol–water partition coefficient (Wildman–Crippen LogP) is 1.78. The van der Waals surface area contributed by atoms with E-state index in [1.54, 1.807) is 0 Å². The van der Waals surface area contributed by atoms with Gasteiger partial charge in [-0.3, -0.25) is 9.59 Å².